The van der Waals surface area contributed by atoms with Crippen LogP contribution in [0.15, 0.2) is 0 Å². The molecule has 0 heterocycles. The second kappa shape index (κ2) is 2.06. The zero-order chi connectivity index (χ0) is 6.08. The van der Waals surface area contributed by atoms with E-state index in [0.717, 1.165) is 0 Å². The van der Waals surface area contributed by atoms with Crippen molar-refractivity contribution >= 4 is 13.8 Å². The molecule has 0 spiro atoms. The van der Waals surface area contributed by atoms with Crippen LogP contribution in [-0.4, -0.2) is 17.9 Å². The molecule has 0 saturated carbocycles. The molecule has 3 heteroatoms. The fourth-order valence-corrected chi connectivity index (χ4v) is 0. The van der Waals surface area contributed by atoms with E-state index in [0.29, 0.717) is 0 Å². The number of hydrogen-bond acceptors (Lipinski definition) is 1. The van der Waals surface area contributed by atoms with Gasteiger partial charge in [0, 0.05) is 0 Å². The molecule has 1 atom stereocenters. The van der Waals surface area contributed by atoms with Crippen LogP contribution in [-0.2, 0) is 3.74 Å². The van der Waals surface area contributed by atoms with Crippen molar-refractivity contribution in [2.45, 2.75) is 24.3 Å². The molecule has 0 aromatic carbocycles. The molecule has 1 N–H and O–H groups in total. The van der Waals surface area contributed by atoms with Gasteiger partial charge in [0.05, 0.1) is 0 Å². The maximum atomic E-state index is 10.5. The van der Waals surface area contributed by atoms with Gasteiger partial charge >= 0.3 is 45.9 Å². The average Bonchev–Trinajstić information content (AvgIpc) is 1.31. The third-order valence-electron chi connectivity index (χ3n) is 0.958. The van der Waals surface area contributed by atoms with Crippen molar-refractivity contribution < 1.29 is 7.84 Å². The average molecular weight is 166 g/mol. The first kappa shape index (κ1) is 7.32. The Morgan fingerprint density at radius 3 is 1.71 bits per heavy atom. The van der Waals surface area contributed by atoms with Crippen LogP contribution in [0.4, 0.5) is 0 Å². The van der Waals surface area contributed by atoms with E-state index < -0.39 is 13.8 Å². The van der Waals surface area contributed by atoms with Crippen molar-refractivity contribution in [3.05, 3.63) is 0 Å². The topological polar surface area (TPSA) is 37.3 Å². The van der Waals surface area contributed by atoms with E-state index >= 15 is 0 Å². The van der Waals surface area contributed by atoms with Crippen LogP contribution in [0.1, 0.15) is 13.8 Å². The summed E-state index contributed by atoms with van der Waals surface area (Å²) in [6.45, 7) is 3.53. The fraction of sp³-hybridized carbons (Fsp3) is 1.00. The zero-order valence-corrected chi connectivity index (χ0v) is 6.76. The summed E-state index contributed by atoms with van der Waals surface area (Å²) in [6, 6.07) is 0. The Balaban J connectivity index is 3.80. The number of rotatable bonds is 1. The summed E-state index contributed by atoms with van der Waals surface area (Å²) in [6.07, 6.45) is 0. The van der Waals surface area contributed by atoms with Crippen molar-refractivity contribution in [2.24, 2.45) is 0 Å². The van der Waals surface area contributed by atoms with E-state index in [1.165, 1.54) is 5.71 Å². The molecule has 0 saturated heterocycles. The quantitative estimate of drug-likeness (QED) is 0.587. The van der Waals surface area contributed by atoms with Gasteiger partial charge in [-0.25, -0.2) is 0 Å². The fourth-order valence-electron chi connectivity index (χ4n) is 0. The van der Waals surface area contributed by atoms with Gasteiger partial charge in [-0.1, -0.05) is 0 Å². The Morgan fingerprint density at radius 2 is 1.71 bits per heavy atom. The first-order chi connectivity index (χ1) is 2.94. The van der Waals surface area contributed by atoms with Crippen LogP contribution in [0.25, 0.3) is 0 Å². The van der Waals surface area contributed by atoms with Gasteiger partial charge in [-0.2, -0.15) is 0 Å². The molecule has 0 aliphatic carbocycles. The van der Waals surface area contributed by atoms with E-state index in [4.69, 9.17) is 4.10 Å². The van der Waals surface area contributed by atoms with Crippen molar-refractivity contribution in [2.75, 3.05) is 0 Å². The van der Waals surface area contributed by atoms with Crippen LogP contribution < -0.4 is 0 Å². The van der Waals surface area contributed by atoms with Crippen molar-refractivity contribution in [1.82, 2.24) is 0 Å². The van der Waals surface area contributed by atoms with Crippen LogP contribution in [0, 0.1) is 0 Å². The Hall–Kier alpha value is 0.318. The summed E-state index contributed by atoms with van der Waals surface area (Å²) in [7, 11) is 0. The first-order valence-corrected chi connectivity index (χ1v) is 6.81. The molecule has 1 unspecified atom stereocenters. The van der Waals surface area contributed by atoms with Crippen molar-refractivity contribution in [3.63, 3.8) is 0 Å². The van der Waals surface area contributed by atoms with E-state index in [1.54, 1.807) is 13.8 Å². The van der Waals surface area contributed by atoms with Crippen LogP contribution in [0.3, 0.4) is 0 Å². The third kappa shape index (κ3) is 2.95. The Morgan fingerprint density at radius 1 is 1.57 bits per heavy atom. The minimum atomic E-state index is -3.28. The standard InChI is InChI=1S/C4H11AsO2/c1-4(2)5(3,6)7/h4H,1-3H3,(H,6,7). The van der Waals surface area contributed by atoms with E-state index in [1.807, 2.05) is 0 Å². The van der Waals surface area contributed by atoms with Gasteiger partial charge in [0.2, 0.25) is 0 Å². The molecular weight excluding hydrogens is 155 g/mol. The predicted octanol–water partition coefficient (Wildman–Crippen LogP) is 0.891. The molecule has 0 aliphatic rings. The molecule has 0 fully saturated rings. The molecule has 0 radical (unpaired) electrons. The molecule has 0 aromatic heterocycles. The normalized spacial score (nSPS) is 19.6. The first-order valence-electron chi connectivity index (χ1n) is 2.24. The van der Waals surface area contributed by atoms with Gasteiger partial charge in [-0.05, 0) is 0 Å². The molecule has 44 valence electrons. The van der Waals surface area contributed by atoms with Crippen molar-refractivity contribution in [3.8, 4) is 0 Å². The van der Waals surface area contributed by atoms with E-state index in [-0.39, 0.29) is 4.71 Å². The Bertz CT molecular complexity index is 91.9. The van der Waals surface area contributed by atoms with Crippen LogP contribution in [0.5, 0.6) is 0 Å². The molecule has 0 amide bonds. The summed E-state index contributed by atoms with van der Waals surface area (Å²) in [4.78, 5) is 0. The minimum absolute atomic E-state index is 0.0295. The summed E-state index contributed by atoms with van der Waals surface area (Å²) in [5.41, 5.74) is 1.43. The summed E-state index contributed by atoms with van der Waals surface area (Å²) in [5.74, 6) is 0. The molecule has 0 bridgehead atoms. The predicted molar refractivity (Wildman–Crippen MR) is 29.6 cm³/mol. The zero-order valence-electron chi connectivity index (χ0n) is 4.88. The SMILES string of the molecule is CC(C)[As](C)(=O)O. The van der Waals surface area contributed by atoms with Gasteiger partial charge < -0.3 is 0 Å². The molecule has 2 nitrogen and oxygen atoms in total. The Labute approximate surface area is 46.6 Å². The van der Waals surface area contributed by atoms with Crippen LogP contribution >= 0.6 is 0 Å². The van der Waals surface area contributed by atoms with E-state index in [2.05, 4.69) is 0 Å². The third-order valence-corrected chi connectivity index (χ3v) is 4.98. The van der Waals surface area contributed by atoms with Crippen molar-refractivity contribution in [1.29, 1.82) is 0 Å². The maximum absolute atomic E-state index is 10.5. The molecule has 7 heavy (non-hydrogen) atoms. The number of hydrogen-bond donors (Lipinski definition) is 1. The second-order valence-electron chi connectivity index (χ2n) is 2.04. The Kier molecular flexibility index (Phi) is 2.15. The monoisotopic (exact) mass is 166 g/mol. The molecular formula is C4H11AsO2. The van der Waals surface area contributed by atoms with Gasteiger partial charge in [-0.3, -0.25) is 0 Å². The summed E-state index contributed by atoms with van der Waals surface area (Å²) >= 11 is -3.28. The van der Waals surface area contributed by atoms with Gasteiger partial charge in [0.25, 0.3) is 0 Å². The van der Waals surface area contributed by atoms with E-state index in [9.17, 15) is 3.74 Å². The molecule has 0 rings (SSSR count). The van der Waals surface area contributed by atoms with Gasteiger partial charge in [0.15, 0.2) is 0 Å². The molecule has 0 aromatic rings. The van der Waals surface area contributed by atoms with Gasteiger partial charge in [-0.15, -0.1) is 0 Å². The summed E-state index contributed by atoms with van der Waals surface area (Å²) in [5, 5.41) is 0. The second-order valence-corrected chi connectivity index (χ2v) is 8.16. The van der Waals surface area contributed by atoms with Gasteiger partial charge in [0.1, 0.15) is 0 Å². The van der Waals surface area contributed by atoms with Crippen LogP contribution in [0.2, 0.25) is 10.4 Å². The molecule has 0 aliphatic heterocycles. The summed E-state index contributed by atoms with van der Waals surface area (Å²) < 4.78 is 19.2.